The van der Waals surface area contributed by atoms with Gasteiger partial charge in [-0.25, -0.2) is 4.39 Å². The van der Waals surface area contributed by atoms with Crippen LogP contribution in [0.3, 0.4) is 0 Å². The third kappa shape index (κ3) is 3.69. The van der Waals surface area contributed by atoms with Gasteiger partial charge in [0, 0.05) is 16.6 Å². The molecule has 2 nitrogen and oxygen atoms in total. The predicted octanol–water partition coefficient (Wildman–Crippen LogP) is 4.08. The number of halogens is 2. The molecule has 0 heterocycles. The Morgan fingerprint density at radius 3 is 2.79 bits per heavy atom. The molecule has 0 aliphatic heterocycles. The first kappa shape index (κ1) is 13.8. The van der Waals surface area contributed by atoms with Gasteiger partial charge >= 0.3 is 0 Å². The van der Waals surface area contributed by atoms with E-state index in [1.54, 1.807) is 6.07 Å². The fourth-order valence-electron chi connectivity index (χ4n) is 1.70. The van der Waals surface area contributed by atoms with Gasteiger partial charge < -0.3 is 10.5 Å². The van der Waals surface area contributed by atoms with Crippen LogP contribution in [0.1, 0.15) is 24.1 Å². The first-order valence-electron chi connectivity index (χ1n) is 5.98. The van der Waals surface area contributed by atoms with Crippen molar-refractivity contribution in [3.05, 3.63) is 64.4 Å². The zero-order valence-electron chi connectivity index (χ0n) is 10.6. The highest BCUT2D eigenvalue weighted by atomic mass is 35.5. The van der Waals surface area contributed by atoms with Gasteiger partial charge in [-0.2, -0.15) is 0 Å². The topological polar surface area (TPSA) is 35.2 Å². The molecule has 0 saturated carbocycles. The van der Waals surface area contributed by atoms with Crippen molar-refractivity contribution in [1.29, 1.82) is 0 Å². The Kier molecular flexibility index (Phi) is 4.40. The van der Waals surface area contributed by atoms with E-state index in [1.807, 2.05) is 31.2 Å². The molecule has 0 bridgehead atoms. The van der Waals surface area contributed by atoms with Gasteiger partial charge in [0.2, 0.25) is 0 Å². The van der Waals surface area contributed by atoms with Gasteiger partial charge in [-0.15, -0.1) is 0 Å². The number of hydrogen-bond acceptors (Lipinski definition) is 2. The summed E-state index contributed by atoms with van der Waals surface area (Å²) in [5.74, 6) is 0.335. The molecule has 0 unspecified atom stereocenters. The van der Waals surface area contributed by atoms with Crippen molar-refractivity contribution in [3.8, 4) is 5.75 Å². The van der Waals surface area contributed by atoms with Crippen molar-refractivity contribution in [2.24, 2.45) is 5.73 Å². The van der Waals surface area contributed by atoms with E-state index in [0.29, 0.717) is 16.3 Å². The van der Waals surface area contributed by atoms with Gasteiger partial charge in [0.05, 0.1) is 0 Å². The van der Waals surface area contributed by atoms with Gasteiger partial charge in [-0.1, -0.05) is 23.7 Å². The summed E-state index contributed by atoms with van der Waals surface area (Å²) < 4.78 is 19.1. The van der Waals surface area contributed by atoms with E-state index in [0.717, 1.165) is 5.56 Å². The van der Waals surface area contributed by atoms with Crippen LogP contribution in [0.4, 0.5) is 4.39 Å². The first-order chi connectivity index (χ1) is 9.06. The molecule has 0 radical (unpaired) electrons. The molecule has 2 aromatic rings. The first-order valence-corrected chi connectivity index (χ1v) is 6.36. The smallest absolute Gasteiger partial charge is 0.129 e. The Labute approximate surface area is 117 Å². The molecular weight excluding hydrogens is 265 g/mol. The molecule has 2 aromatic carbocycles. The number of benzene rings is 2. The van der Waals surface area contributed by atoms with Crippen molar-refractivity contribution < 1.29 is 9.13 Å². The number of nitrogens with two attached hydrogens (primary N) is 1. The zero-order valence-corrected chi connectivity index (χ0v) is 11.3. The van der Waals surface area contributed by atoms with Crippen LogP contribution in [0, 0.1) is 5.82 Å². The lowest BCUT2D eigenvalue weighted by molar-refractivity contribution is 0.299. The van der Waals surface area contributed by atoms with Gasteiger partial charge in [-0.3, -0.25) is 0 Å². The van der Waals surface area contributed by atoms with Gasteiger partial charge in [0.25, 0.3) is 0 Å². The second-order valence-electron chi connectivity index (χ2n) is 4.39. The lowest BCUT2D eigenvalue weighted by Gasteiger charge is -2.10. The summed E-state index contributed by atoms with van der Waals surface area (Å²) in [6, 6.07) is 11.8. The van der Waals surface area contributed by atoms with Crippen LogP contribution in [0.5, 0.6) is 5.75 Å². The van der Waals surface area contributed by atoms with Gasteiger partial charge in [-0.05, 0) is 42.8 Å². The average Bonchev–Trinajstić information content (AvgIpc) is 2.40. The number of hydrogen-bond donors (Lipinski definition) is 1. The molecule has 0 aromatic heterocycles. The van der Waals surface area contributed by atoms with Crippen molar-refractivity contribution >= 4 is 11.6 Å². The van der Waals surface area contributed by atoms with E-state index in [1.165, 1.54) is 12.1 Å². The summed E-state index contributed by atoms with van der Waals surface area (Å²) >= 11 is 5.83. The maximum Gasteiger partial charge on any atom is 0.129 e. The van der Waals surface area contributed by atoms with E-state index in [4.69, 9.17) is 22.1 Å². The number of rotatable bonds is 4. The Hall–Kier alpha value is -1.58. The van der Waals surface area contributed by atoms with Crippen LogP contribution in [0.2, 0.25) is 5.02 Å². The van der Waals surface area contributed by atoms with Crippen LogP contribution in [0.15, 0.2) is 42.5 Å². The van der Waals surface area contributed by atoms with Crippen molar-refractivity contribution in [1.82, 2.24) is 0 Å². The largest absolute Gasteiger partial charge is 0.489 e. The van der Waals surface area contributed by atoms with E-state index in [2.05, 4.69) is 0 Å². The fraction of sp³-hybridized carbons (Fsp3) is 0.200. The van der Waals surface area contributed by atoms with Crippen molar-refractivity contribution in [3.63, 3.8) is 0 Å². The van der Waals surface area contributed by atoms with Crippen LogP contribution in [-0.2, 0) is 6.61 Å². The molecule has 0 spiro atoms. The lowest BCUT2D eigenvalue weighted by Crippen LogP contribution is -2.05. The van der Waals surface area contributed by atoms with E-state index in [9.17, 15) is 4.39 Å². The Morgan fingerprint density at radius 2 is 2.05 bits per heavy atom. The number of ether oxygens (including phenoxy) is 1. The predicted molar refractivity (Wildman–Crippen MR) is 74.8 cm³/mol. The maximum absolute atomic E-state index is 13.5. The minimum atomic E-state index is -0.326. The lowest BCUT2D eigenvalue weighted by atomic mass is 10.1. The second-order valence-corrected chi connectivity index (χ2v) is 4.82. The summed E-state index contributed by atoms with van der Waals surface area (Å²) in [5.41, 5.74) is 7.21. The summed E-state index contributed by atoms with van der Waals surface area (Å²) in [6.07, 6.45) is 0. The van der Waals surface area contributed by atoms with E-state index >= 15 is 0 Å². The highest BCUT2D eigenvalue weighted by Crippen LogP contribution is 2.20. The fourth-order valence-corrected chi connectivity index (χ4v) is 1.90. The molecule has 0 saturated heterocycles. The summed E-state index contributed by atoms with van der Waals surface area (Å²) in [5, 5.41) is 0.490. The molecule has 1 atom stereocenters. The Bertz CT molecular complexity index is 572. The molecule has 2 rings (SSSR count). The standard InChI is InChI=1S/C15H15ClFNO/c1-10(18)11-3-2-4-14(8-11)19-9-12-7-13(16)5-6-15(12)17/h2-8,10H,9,18H2,1H3/t10-/m0/s1. The van der Waals surface area contributed by atoms with Crippen LogP contribution in [-0.4, -0.2) is 0 Å². The van der Waals surface area contributed by atoms with Gasteiger partial charge in [0.1, 0.15) is 18.2 Å². The highest BCUT2D eigenvalue weighted by Gasteiger charge is 2.05. The maximum atomic E-state index is 13.5. The normalized spacial score (nSPS) is 12.2. The molecule has 0 aliphatic carbocycles. The average molecular weight is 280 g/mol. The molecule has 100 valence electrons. The third-order valence-electron chi connectivity index (χ3n) is 2.79. The summed E-state index contributed by atoms with van der Waals surface area (Å²) in [4.78, 5) is 0. The Balaban J connectivity index is 2.10. The minimum Gasteiger partial charge on any atom is -0.489 e. The highest BCUT2D eigenvalue weighted by molar-refractivity contribution is 6.30. The summed E-state index contributed by atoms with van der Waals surface area (Å²) in [6.45, 7) is 2.03. The molecule has 0 aliphatic rings. The minimum absolute atomic E-state index is 0.0635. The second kappa shape index (κ2) is 6.04. The quantitative estimate of drug-likeness (QED) is 0.915. The zero-order chi connectivity index (χ0) is 13.8. The third-order valence-corrected chi connectivity index (χ3v) is 3.02. The molecule has 0 fully saturated rings. The van der Waals surface area contributed by atoms with Gasteiger partial charge in [0.15, 0.2) is 0 Å². The van der Waals surface area contributed by atoms with Crippen molar-refractivity contribution in [2.45, 2.75) is 19.6 Å². The Morgan fingerprint density at radius 1 is 1.26 bits per heavy atom. The van der Waals surface area contributed by atoms with E-state index < -0.39 is 0 Å². The van der Waals surface area contributed by atoms with Crippen molar-refractivity contribution in [2.75, 3.05) is 0 Å². The molecule has 0 amide bonds. The van der Waals surface area contributed by atoms with Crippen LogP contribution in [0.25, 0.3) is 0 Å². The molecule has 4 heteroatoms. The SMILES string of the molecule is C[C@H](N)c1cccc(OCc2cc(Cl)ccc2F)c1. The monoisotopic (exact) mass is 279 g/mol. The molecule has 2 N–H and O–H groups in total. The molecular formula is C15H15ClFNO. The molecule has 19 heavy (non-hydrogen) atoms. The summed E-state index contributed by atoms with van der Waals surface area (Å²) in [7, 11) is 0. The van der Waals surface area contributed by atoms with E-state index in [-0.39, 0.29) is 18.5 Å². The van der Waals surface area contributed by atoms with Crippen LogP contribution >= 0.6 is 11.6 Å². The van der Waals surface area contributed by atoms with Crippen LogP contribution < -0.4 is 10.5 Å².